The molecule has 13 heavy (non-hydrogen) atoms. The van der Waals surface area contributed by atoms with E-state index in [1.165, 1.54) is 0 Å². The van der Waals surface area contributed by atoms with E-state index in [1.807, 2.05) is 6.07 Å². The van der Waals surface area contributed by atoms with Crippen LogP contribution in [0.1, 0.15) is 0 Å². The highest BCUT2D eigenvalue weighted by atomic mass is 79.9. The fourth-order valence-electron chi connectivity index (χ4n) is 1.11. The van der Waals surface area contributed by atoms with E-state index >= 15 is 0 Å². The number of aromatic nitrogens is 1. The minimum Gasteiger partial charge on any atom is -0.255 e. The quantitative estimate of drug-likeness (QED) is 0.699. The van der Waals surface area contributed by atoms with Gasteiger partial charge in [0.05, 0.1) is 15.0 Å². The monoisotopic (exact) mass is 275 g/mol. The molecular weight excluding hydrogens is 273 g/mol. The molecule has 0 saturated carbocycles. The molecular formula is C9H4BrCl2N. The molecule has 0 amide bonds. The topological polar surface area (TPSA) is 12.9 Å². The van der Waals surface area contributed by atoms with Gasteiger partial charge in [0.2, 0.25) is 0 Å². The Morgan fingerprint density at radius 1 is 1.23 bits per heavy atom. The lowest BCUT2D eigenvalue weighted by molar-refractivity contribution is 1.39. The predicted molar refractivity (Wildman–Crippen MR) is 59.5 cm³/mol. The average molecular weight is 277 g/mol. The first-order chi connectivity index (χ1) is 6.18. The lowest BCUT2D eigenvalue weighted by atomic mass is 10.2. The third-order valence-electron chi connectivity index (χ3n) is 1.72. The maximum atomic E-state index is 6.05. The van der Waals surface area contributed by atoms with Crippen molar-refractivity contribution < 1.29 is 0 Å². The van der Waals surface area contributed by atoms with E-state index in [0.717, 1.165) is 15.4 Å². The van der Waals surface area contributed by atoms with Gasteiger partial charge in [-0.25, -0.2) is 0 Å². The minimum atomic E-state index is 0.665. The normalized spacial score (nSPS) is 10.7. The van der Waals surface area contributed by atoms with Gasteiger partial charge in [-0.05, 0) is 34.1 Å². The van der Waals surface area contributed by atoms with Crippen LogP contribution in [0.2, 0.25) is 10.0 Å². The van der Waals surface area contributed by atoms with Crippen molar-refractivity contribution in [2.75, 3.05) is 0 Å². The van der Waals surface area contributed by atoms with Crippen molar-refractivity contribution in [1.82, 2.24) is 4.98 Å². The summed E-state index contributed by atoms with van der Waals surface area (Å²) >= 11 is 15.2. The molecule has 2 rings (SSSR count). The number of rotatable bonds is 0. The maximum Gasteiger partial charge on any atom is 0.0732 e. The Bertz CT molecular complexity index is 470. The lowest BCUT2D eigenvalue weighted by Gasteiger charge is -2.01. The van der Waals surface area contributed by atoms with Crippen molar-refractivity contribution in [1.29, 1.82) is 0 Å². The summed E-state index contributed by atoms with van der Waals surface area (Å²) in [5, 5.41) is 2.24. The molecule has 0 aliphatic heterocycles. The van der Waals surface area contributed by atoms with Gasteiger partial charge in [-0.3, -0.25) is 4.98 Å². The summed E-state index contributed by atoms with van der Waals surface area (Å²) in [5.74, 6) is 0. The Hall–Kier alpha value is -0.310. The maximum absolute atomic E-state index is 6.05. The van der Waals surface area contributed by atoms with Gasteiger partial charge in [0.1, 0.15) is 0 Å². The molecule has 4 heteroatoms. The van der Waals surface area contributed by atoms with Gasteiger partial charge >= 0.3 is 0 Å². The molecule has 0 unspecified atom stereocenters. The fraction of sp³-hybridized carbons (Fsp3) is 0. The number of hydrogen-bond donors (Lipinski definition) is 0. The summed E-state index contributed by atoms with van der Waals surface area (Å²) < 4.78 is 0.795. The van der Waals surface area contributed by atoms with E-state index in [2.05, 4.69) is 20.9 Å². The van der Waals surface area contributed by atoms with E-state index in [0.29, 0.717) is 10.0 Å². The third kappa shape index (κ3) is 1.66. The molecule has 0 atom stereocenters. The summed E-state index contributed by atoms with van der Waals surface area (Å²) in [6.45, 7) is 0. The molecule has 0 N–H and O–H groups in total. The number of halogens is 3. The van der Waals surface area contributed by atoms with Crippen LogP contribution >= 0.6 is 39.1 Å². The van der Waals surface area contributed by atoms with Gasteiger partial charge in [0, 0.05) is 16.6 Å². The zero-order valence-corrected chi connectivity index (χ0v) is 9.49. The van der Waals surface area contributed by atoms with Crippen LogP contribution < -0.4 is 0 Å². The summed E-state index contributed by atoms with van der Waals surface area (Å²) in [6.07, 6.45) is 1.67. The Labute approximate surface area is 93.8 Å². The van der Waals surface area contributed by atoms with Gasteiger partial charge in [0.15, 0.2) is 0 Å². The number of pyridine rings is 1. The average Bonchev–Trinajstić information content (AvgIpc) is 2.12. The Morgan fingerprint density at radius 3 is 2.77 bits per heavy atom. The predicted octanol–water partition coefficient (Wildman–Crippen LogP) is 4.30. The second-order valence-corrected chi connectivity index (χ2v) is 4.25. The largest absolute Gasteiger partial charge is 0.255 e. The standard InChI is InChI=1S/C9H4BrCl2N/c10-7-4-13-8-3-5(11)1-2-6(8)9(7)12/h1-4H. The fourth-order valence-corrected chi connectivity index (χ4v) is 1.80. The van der Waals surface area contributed by atoms with Crippen LogP contribution in [-0.4, -0.2) is 4.98 Å². The molecule has 1 heterocycles. The zero-order chi connectivity index (χ0) is 9.42. The van der Waals surface area contributed by atoms with Gasteiger partial charge in [0.25, 0.3) is 0 Å². The van der Waals surface area contributed by atoms with Crippen molar-refractivity contribution in [3.8, 4) is 0 Å². The highest BCUT2D eigenvalue weighted by molar-refractivity contribution is 9.10. The number of nitrogens with zero attached hydrogens (tertiary/aromatic N) is 1. The van der Waals surface area contributed by atoms with E-state index in [9.17, 15) is 0 Å². The van der Waals surface area contributed by atoms with Crippen molar-refractivity contribution in [3.63, 3.8) is 0 Å². The van der Waals surface area contributed by atoms with Crippen LogP contribution in [-0.2, 0) is 0 Å². The molecule has 0 bridgehead atoms. The SMILES string of the molecule is Clc1ccc2c(Cl)c(Br)cnc2c1. The van der Waals surface area contributed by atoms with Crippen LogP contribution in [0.25, 0.3) is 10.9 Å². The van der Waals surface area contributed by atoms with E-state index in [-0.39, 0.29) is 0 Å². The highest BCUT2D eigenvalue weighted by Crippen LogP contribution is 2.30. The first-order valence-electron chi connectivity index (χ1n) is 3.58. The first-order valence-corrected chi connectivity index (χ1v) is 5.12. The third-order valence-corrected chi connectivity index (χ3v) is 3.19. The number of fused-ring (bicyclic) bond motifs is 1. The Balaban J connectivity index is 2.87. The smallest absolute Gasteiger partial charge is 0.0732 e. The Morgan fingerprint density at radius 2 is 2.00 bits per heavy atom. The molecule has 2 aromatic rings. The summed E-state index contributed by atoms with van der Waals surface area (Å²) in [4.78, 5) is 4.19. The van der Waals surface area contributed by atoms with Gasteiger partial charge in [-0.1, -0.05) is 23.2 Å². The molecule has 0 aliphatic carbocycles. The van der Waals surface area contributed by atoms with E-state index in [1.54, 1.807) is 18.3 Å². The minimum absolute atomic E-state index is 0.665. The molecule has 1 aromatic heterocycles. The second kappa shape index (κ2) is 3.45. The zero-order valence-electron chi connectivity index (χ0n) is 6.39. The van der Waals surface area contributed by atoms with Crippen LogP contribution in [0.15, 0.2) is 28.9 Å². The van der Waals surface area contributed by atoms with Crippen LogP contribution in [0, 0.1) is 0 Å². The molecule has 66 valence electrons. The summed E-state index contributed by atoms with van der Waals surface area (Å²) in [7, 11) is 0. The molecule has 0 fully saturated rings. The van der Waals surface area contributed by atoms with Crippen LogP contribution in [0.5, 0.6) is 0 Å². The van der Waals surface area contributed by atoms with Crippen molar-refractivity contribution in [2.24, 2.45) is 0 Å². The van der Waals surface area contributed by atoms with Crippen molar-refractivity contribution >= 4 is 50.0 Å². The van der Waals surface area contributed by atoms with Gasteiger partial charge < -0.3 is 0 Å². The van der Waals surface area contributed by atoms with Gasteiger partial charge in [-0.15, -0.1) is 0 Å². The van der Waals surface area contributed by atoms with Crippen molar-refractivity contribution in [2.45, 2.75) is 0 Å². The van der Waals surface area contributed by atoms with E-state index in [4.69, 9.17) is 23.2 Å². The number of hydrogen-bond acceptors (Lipinski definition) is 1. The molecule has 1 aromatic carbocycles. The highest BCUT2D eigenvalue weighted by Gasteiger charge is 2.04. The number of benzene rings is 1. The molecule has 0 saturated heterocycles. The molecule has 1 nitrogen and oxygen atoms in total. The first kappa shape index (κ1) is 9.25. The Kier molecular flexibility index (Phi) is 2.45. The molecule has 0 radical (unpaired) electrons. The second-order valence-electron chi connectivity index (χ2n) is 2.58. The lowest BCUT2D eigenvalue weighted by Crippen LogP contribution is -1.80. The molecule has 0 aliphatic rings. The molecule has 0 spiro atoms. The van der Waals surface area contributed by atoms with E-state index < -0.39 is 0 Å². The van der Waals surface area contributed by atoms with Crippen LogP contribution in [0.4, 0.5) is 0 Å². The van der Waals surface area contributed by atoms with Crippen molar-refractivity contribution in [3.05, 3.63) is 38.9 Å². The summed E-state index contributed by atoms with van der Waals surface area (Å²) in [5.41, 5.74) is 0.806. The van der Waals surface area contributed by atoms with Crippen LogP contribution in [0.3, 0.4) is 0 Å². The van der Waals surface area contributed by atoms with Gasteiger partial charge in [-0.2, -0.15) is 0 Å². The summed E-state index contributed by atoms with van der Waals surface area (Å²) in [6, 6.07) is 5.44.